The number of hydrogen-bond donors (Lipinski definition) is 1. The number of nitrogens with zero attached hydrogens (tertiary/aromatic N) is 4. The molecule has 34 heavy (non-hydrogen) atoms. The van der Waals surface area contributed by atoms with Crippen LogP contribution in [0.3, 0.4) is 0 Å². The summed E-state index contributed by atoms with van der Waals surface area (Å²) in [5.74, 6) is -0.997. The van der Waals surface area contributed by atoms with Crippen LogP contribution >= 0.6 is 11.8 Å². The van der Waals surface area contributed by atoms with Gasteiger partial charge in [0.25, 0.3) is 5.91 Å². The zero-order valence-corrected chi connectivity index (χ0v) is 19.8. The minimum Gasteiger partial charge on any atom is -0.318 e. The van der Waals surface area contributed by atoms with E-state index in [0.29, 0.717) is 10.6 Å². The van der Waals surface area contributed by atoms with Gasteiger partial charge < -0.3 is 4.57 Å². The number of amidine groups is 2. The first-order chi connectivity index (χ1) is 16.4. The van der Waals surface area contributed by atoms with E-state index < -0.39 is 11.7 Å². The number of benzene rings is 2. The molecule has 8 heteroatoms. The van der Waals surface area contributed by atoms with Crippen molar-refractivity contribution in [2.45, 2.75) is 27.2 Å². The van der Waals surface area contributed by atoms with Crippen molar-refractivity contribution >= 4 is 39.8 Å². The van der Waals surface area contributed by atoms with Gasteiger partial charge in [0.1, 0.15) is 10.9 Å². The van der Waals surface area contributed by atoms with Crippen LogP contribution in [0.4, 0.5) is 4.39 Å². The second-order valence-corrected chi connectivity index (χ2v) is 9.01. The van der Waals surface area contributed by atoms with E-state index in [1.165, 1.54) is 16.6 Å². The molecule has 3 aromatic rings. The van der Waals surface area contributed by atoms with Crippen LogP contribution in [-0.2, 0) is 11.2 Å². The summed E-state index contributed by atoms with van der Waals surface area (Å²) in [4.78, 5) is 17.0. The van der Waals surface area contributed by atoms with Crippen molar-refractivity contribution < 1.29 is 9.18 Å². The van der Waals surface area contributed by atoms with Crippen molar-refractivity contribution in [2.24, 2.45) is 10.1 Å². The van der Waals surface area contributed by atoms with Crippen LogP contribution in [0.15, 0.2) is 70.3 Å². The number of thioether (sulfide) groups is 1. The Morgan fingerprint density at radius 2 is 1.85 bits per heavy atom. The summed E-state index contributed by atoms with van der Waals surface area (Å²) in [5, 5.41) is 15.0. The lowest BCUT2D eigenvalue weighted by molar-refractivity contribution is -0.114. The maximum absolute atomic E-state index is 14.2. The minimum absolute atomic E-state index is 0.0763. The Morgan fingerprint density at radius 1 is 1.12 bits per heavy atom. The predicted molar refractivity (Wildman–Crippen MR) is 135 cm³/mol. The van der Waals surface area contributed by atoms with E-state index in [1.807, 2.05) is 32.0 Å². The number of aryl methyl sites for hydroxylation is 2. The number of aromatic nitrogens is 1. The molecular weight excluding hydrogens is 449 g/mol. The van der Waals surface area contributed by atoms with Gasteiger partial charge in [-0.2, -0.15) is 15.1 Å². The Bertz CT molecular complexity index is 1450. The summed E-state index contributed by atoms with van der Waals surface area (Å²) in [7, 11) is 0. The van der Waals surface area contributed by atoms with E-state index in [2.05, 4.69) is 33.7 Å². The van der Waals surface area contributed by atoms with Gasteiger partial charge in [0, 0.05) is 22.6 Å². The van der Waals surface area contributed by atoms with E-state index in [-0.39, 0.29) is 16.6 Å². The summed E-state index contributed by atoms with van der Waals surface area (Å²) < 4.78 is 16.4. The standard InChI is InChI=1S/C26H22FN5OS/c1-4-17-9-5-8-12-22(17)31-15(2)13-18(16(31)3)14-20-23(28)32-26(29-24(20)33)34-25(30-32)19-10-6-7-11-21(19)27/h5-14,28H,4H2,1-3H3. The van der Waals surface area contributed by atoms with Crippen molar-refractivity contribution in [3.8, 4) is 5.69 Å². The monoisotopic (exact) mass is 471 g/mol. The Labute approximate surface area is 201 Å². The molecule has 170 valence electrons. The molecule has 1 aromatic heterocycles. The van der Waals surface area contributed by atoms with Gasteiger partial charge >= 0.3 is 0 Å². The van der Waals surface area contributed by atoms with Gasteiger partial charge in [-0.05, 0) is 73.5 Å². The third-order valence-corrected chi connectivity index (χ3v) is 6.88. The van der Waals surface area contributed by atoms with Gasteiger partial charge in [0.15, 0.2) is 5.84 Å². The number of hydrazone groups is 1. The summed E-state index contributed by atoms with van der Waals surface area (Å²) in [6.45, 7) is 6.14. The van der Waals surface area contributed by atoms with Gasteiger partial charge in [-0.1, -0.05) is 37.3 Å². The molecule has 3 heterocycles. The van der Waals surface area contributed by atoms with E-state index in [9.17, 15) is 9.18 Å². The Balaban J connectivity index is 1.53. The van der Waals surface area contributed by atoms with E-state index in [4.69, 9.17) is 5.41 Å². The lowest BCUT2D eigenvalue weighted by Gasteiger charge is -2.20. The summed E-state index contributed by atoms with van der Waals surface area (Å²) in [6, 6.07) is 16.5. The van der Waals surface area contributed by atoms with E-state index >= 15 is 0 Å². The van der Waals surface area contributed by atoms with Crippen LogP contribution in [-0.4, -0.2) is 31.5 Å². The van der Waals surface area contributed by atoms with Gasteiger partial charge in [0.05, 0.1) is 5.57 Å². The number of rotatable bonds is 4. The highest BCUT2D eigenvalue weighted by molar-refractivity contribution is 8.27. The highest BCUT2D eigenvalue weighted by Crippen LogP contribution is 2.32. The molecule has 5 rings (SSSR count). The first-order valence-corrected chi connectivity index (χ1v) is 11.7. The molecule has 1 amide bonds. The highest BCUT2D eigenvalue weighted by atomic mass is 32.2. The van der Waals surface area contributed by atoms with Crippen LogP contribution < -0.4 is 0 Å². The van der Waals surface area contributed by atoms with E-state index in [1.54, 1.807) is 24.3 Å². The average Bonchev–Trinajstić information content (AvgIpc) is 3.37. The van der Waals surface area contributed by atoms with Gasteiger partial charge in [-0.3, -0.25) is 10.2 Å². The molecular formula is C26H22FN5OS. The lowest BCUT2D eigenvalue weighted by Crippen LogP contribution is -2.35. The second-order valence-electron chi connectivity index (χ2n) is 8.05. The number of para-hydroxylation sites is 1. The van der Waals surface area contributed by atoms with Crippen molar-refractivity contribution in [2.75, 3.05) is 0 Å². The summed E-state index contributed by atoms with van der Waals surface area (Å²) in [6.07, 6.45) is 2.60. The van der Waals surface area contributed by atoms with Crippen molar-refractivity contribution in [1.82, 2.24) is 9.58 Å². The third-order valence-electron chi connectivity index (χ3n) is 5.94. The van der Waals surface area contributed by atoms with Crippen LogP contribution in [0, 0.1) is 25.1 Å². The maximum atomic E-state index is 14.2. The minimum atomic E-state index is -0.507. The molecule has 0 spiro atoms. The molecule has 0 saturated heterocycles. The number of halogens is 1. The molecule has 0 radical (unpaired) electrons. The van der Waals surface area contributed by atoms with Crippen LogP contribution in [0.1, 0.15) is 35.0 Å². The topological polar surface area (TPSA) is 73.8 Å². The quantitative estimate of drug-likeness (QED) is 0.513. The largest absolute Gasteiger partial charge is 0.318 e. The molecule has 0 aliphatic carbocycles. The molecule has 2 aromatic carbocycles. The number of amides is 1. The third kappa shape index (κ3) is 3.60. The van der Waals surface area contributed by atoms with Gasteiger partial charge in [-0.25, -0.2) is 4.39 Å². The highest BCUT2D eigenvalue weighted by Gasteiger charge is 2.36. The van der Waals surface area contributed by atoms with Crippen LogP contribution in [0.5, 0.6) is 0 Å². The normalized spacial score (nSPS) is 16.7. The molecule has 6 nitrogen and oxygen atoms in total. The predicted octanol–water partition coefficient (Wildman–Crippen LogP) is 5.46. The Kier molecular flexibility index (Phi) is 5.53. The average molecular weight is 472 g/mol. The molecule has 0 unspecified atom stereocenters. The number of carbonyl (C=O) groups is 1. The fourth-order valence-electron chi connectivity index (χ4n) is 4.22. The maximum Gasteiger partial charge on any atom is 0.283 e. The lowest BCUT2D eigenvalue weighted by atomic mass is 10.1. The number of nitrogens with one attached hydrogen (secondary N) is 1. The van der Waals surface area contributed by atoms with Crippen LogP contribution in [0.2, 0.25) is 0 Å². The number of hydrogen-bond acceptors (Lipinski definition) is 4. The van der Waals surface area contributed by atoms with Gasteiger partial charge in [-0.15, -0.1) is 0 Å². The van der Waals surface area contributed by atoms with Crippen molar-refractivity contribution in [3.63, 3.8) is 0 Å². The van der Waals surface area contributed by atoms with Gasteiger partial charge in [0.2, 0.25) is 5.17 Å². The number of fused-ring (bicyclic) bond motifs is 1. The number of aliphatic imine (C=N–C) groups is 1. The molecule has 2 aliphatic heterocycles. The Hall–Kier alpha value is -3.78. The second kappa shape index (κ2) is 8.53. The fraction of sp³-hybridized carbons (Fsp3) is 0.154. The first kappa shape index (κ1) is 22.0. The zero-order chi connectivity index (χ0) is 24.0. The van der Waals surface area contributed by atoms with Crippen molar-refractivity contribution in [1.29, 1.82) is 5.41 Å². The zero-order valence-electron chi connectivity index (χ0n) is 19.0. The molecule has 0 fully saturated rings. The smallest absolute Gasteiger partial charge is 0.283 e. The number of carbonyl (C=O) groups excluding carboxylic acids is 1. The van der Waals surface area contributed by atoms with E-state index in [0.717, 1.165) is 40.8 Å². The molecule has 2 aliphatic rings. The molecule has 0 bridgehead atoms. The molecule has 1 N–H and O–H groups in total. The summed E-state index contributed by atoms with van der Waals surface area (Å²) in [5.41, 5.74) is 5.61. The summed E-state index contributed by atoms with van der Waals surface area (Å²) >= 11 is 1.08. The van der Waals surface area contributed by atoms with Crippen molar-refractivity contribution in [3.05, 3.63) is 94.1 Å². The molecule has 0 saturated carbocycles. The van der Waals surface area contributed by atoms with Crippen LogP contribution in [0.25, 0.3) is 11.8 Å². The molecule has 0 atom stereocenters. The first-order valence-electron chi connectivity index (χ1n) is 10.9. The SMILES string of the molecule is CCc1ccccc1-n1c(C)cc(C=C2C(=N)N3N=C(c4ccccc4F)SC3=NC2=O)c1C. The Morgan fingerprint density at radius 3 is 2.62 bits per heavy atom. The fourth-order valence-corrected chi connectivity index (χ4v) is 5.14.